The van der Waals surface area contributed by atoms with Gasteiger partial charge in [0, 0.05) is 35.4 Å². The molecule has 144 valence electrons. The van der Waals surface area contributed by atoms with Gasteiger partial charge in [-0.15, -0.1) is 0 Å². The van der Waals surface area contributed by atoms with Crippen molar-refractivity contribution in [1.29, 1.82) is 0 Å². The van der Waals surface area contributed by atoms with Gasteiger partial charge in [-0.3, -0.25) is 14.3 Å². The molecule has 0 saturated carbocycles. The number of rotatable bonds is 4. The first-order valence-corrected chi connectivity index (χ1v) is 9.78. The van der Waals surface area contributed by atoms with E-state index in [1.54, 1.807) is 12.3 Å². The lowest BCUT2D eigenvalue weighted by molar-refractivity contribution is 1.10. The molecule has 0 saturated heterocycles. The highest BCUT2D eigenvalue weighted by molar-refractivity contribution is 5.95. The fraction of sp³-hybridized carbons (Fsp3) is 0. The van der Waals surface area contributed by atoms with E-state index in [1.807, 2.05) is 97.2 Å². The highest BCUT2D eigenvalue weighted by Gasteiger charge is 2.16. The summed E-state index contributed by atoms with van der Waals surface area (Å²) in [6, 6.07) is 31.6. The van der Waals surface area contributed by atoms with Crippen LogP contribution in [0.5, 0.6) is 0 Å². The first kappa shape index (κ1) is 17.9. The van der Waals surface area contributed by atoms with Gasteiger partial charge in [-0.2, -0.15) is 0 Å². The van der Waals surface area contributed by atoms with E-state index in [9.17, 15) is 4.79 Å². The second kappa shape index (κ2) is 7.68. The molecule has 0 spiro atoms. The summed E-state index contributed by atoms with van der Waals surface area (Å²) in [6.07, 6.45) is 3.47. The fourth-order valence-electron chi connectivity index (χ4n) is 3.70. The number of nitrogens with zero attached hydrogens (tertiary/aromatic N) is 2. The predicted octanol–water partition coefficient (Wildman–Crippen LogP) is 5.80. The lowest BCUT2D eigenvalue weighted by atomic mass is 10.0. The second-order valence-corrected chi connectivity index (χ2v) is 7.01. The minimum absolute atomic E-state index is 0.0686. The monoisotopic (exact) mass is 389 g/mol. The van der Waals surface area contributed by atoms with Crippen LogP contribution in [0, 0.1) is 0 Å². The quantitative estimate of drug-likeness (QED) is 0.423. The highest BCUT2D eigenvalue weighted by Crippen LogP contribution is 2.31. The van der Waals surface area contributed by atoms with Crippen molar-refractivity contribution in [3.05, 3.63) is 120 Å². The average Bonchev–Trinajstić information content (AvgIpc) is 2.81. The predicted molar refractivity (Wildman–Crippen MR) is 123 cm³/mol. The van der Waals surface area contributed by atoms with E-state index in [1.165, 1.54) is 0 Å². The summed E-state index contributed by atoms with van der Waals surface area (Å²) >= 11 is 0. The zero-order valence-electron chi connectivity index (χ0n) is 16.2. The number of hydrogen-bond acceptors (Lipinski definition) is 3. The standard InChI is InChI=1S/C26H19N3O/c30-24-16-25(28-20-12-6-2-7-13-20)29(21-14-8-3-9-15-21)26-22(17-27-18-23(24)26)19-10-4-1-5-11-19/h1-18,28H. The summed E-state index contributed by atoms with van der Waals surface area (Å²) in [6.45, 7) is 0. The maximum atomic E-state index is 13.1. The van der Waals surface area contributed by atoms with Gasteiger partial charge in [-0.25, -0.2) is 0 Å². The van der Waals surface area contributed by atoms with Gasteiger partial charge in [-0.05, 0) is 29.8 Å². The van der Waals surface area contributed by atoms with Gasteiger partial charge >= 0.3 is 0 Å². The number of nitrogens with one attached hydrogen (secondary N) is 1. The summed E-state index contributed by atoms with van der Waals surface area (Å²) in [5, 5.41) is 4.01. The van der Waals surface area contributed by atoms with Gasteiger partial charge in [-0.1, -0.05) is 66.7 Å². The summed E-state index contributed by atoms with van der Waals surface area (Å²) in [5.41, 5.74) is 4.55. The van der Waals surface area contributed by atoms with E-state index in [4.69, 9.17) is 0 Å². The summed E-state index contributed by atoms with van der Waals surface area (Å²) < 4.78 is 2.09. The Morgan fingerprint density at radius 1 is 0.733 bits per heavy atom. The van der Waals surface area contributed by atoms with Crippen molar-refractivity contribution in [3.8, 4) is 16.8 Å². The van der Waals surface area contributed by atoms with Crippen LogP contribution in [0.1, 0.15) is 0 Å². The van der Waals surface area contributed by atoms with Crippen LogP contribution in [0.25, 0.3) is 27.7 Å². The zero-order valence-corrected chi connectivity index (χ0v) is 16.2. The summed E-state index contributed by atoms with van der Waals surface area (Å²) in [7, 11) is 0. The topological polar surface area (TPSA) is 46.9 Å². The third-order valence-corrected chi connectivity index (χ3v) is 5.06. The maximum absolute atomic E-state index is 13.1. The van der Waals surface area contributed by atoms with Gasteiger partial charge < -0.3 is 5.32 Å². The molecule has 5 aromatic rings. The van der Waals surface area contributed by atoms with E-state index < -0.39 is 0 Å². The number of aromatic nitrogens is 2. The first-order chi connectivity index (χ1) is 14.8. The van der Waals surface area contributed by atoms with Crippen LogP contribution in [0.3, 0.4) is 0 Å². The molecule has 30 heavy (non-hydrogen) atoms. The van der Waals surface area contributed by atoms with Crippen LogP contribution in [0.2, 0.25) is 0 Å². The van der Waals surface area contributed by atoms with Crippen molar-refractivity contribution >= 4 is 22.4 Å². The molecule has 4 heteroatoms. The third kappa shape index (κ3) is 3.25. The normalized spacial score (nSPS) is 10.8. The molecule has 0 aliphatic rings. The number of para-hydroxylation sites is 2. The summed E-state index contributed by atoms with van der Waals surface area (Å²) in [4.78, 5) is 17.4. The minimum atomic E-state index is -0.0686. The smallest absolute Gasteiger partial charge is 0.193 e. The van der Waals surface area contributed by atoms with Crippen LogP contribution in [-0.4, -0.2) is 9.55 Å². The second-order valence-electron chi connectivity index (χ2n) is 7.01. The van der Waals surface area contributed by atoms with Crippen LogP contribution in [0.15, 0.2) is 114 Å². The van der Waals surface area contributed by atoms with Gasteiger partial charge in [0.05, 0.1) is 10.9 Å². The van der Waals surface area contributed by atoms with Crippen LogP contribution in [0.4, 0.5) is 11.5 Å². The number of hydrogen-bond donors (Lipinski definition) is 1. The fourth-order valence-corrected chi connectivity index (χ4v) is 3.70. The molecule has 0 aliphatic carbocycles. The van der Waals surface area contributed by atoms with Crippen molar-refractivity contribution in [2.45, 2.75) is 0 Å². The Hall–Kier alpha value is -4.18. The third-order valence-electron chi connectivity index (χ3n) is 5.06. The Labute approximate surface area is 174 Å². The maximum Gasteiger partial charge on any atom is 0.193 e. The molecule has 0 bridgehead atoms. The molecule has 0 radical (unpaired) electrons. The SMILES string of the molecule is O=c1cc(Nc2ccccc2)n(-c2ccccc2)c2c(-c3ccccc3)cncc12. The molecule has 5 rings (SSSR count). The van der Waals surface area contributed by atoms with Crippen molar-refractivity contribution < 1.29 is 0 Å². The van der Waals surface area contributed by atoms with Crippen LogP contribution >= 0.6 is 0 Å². The van der Waals surface area contributed by atoms with E-state index in [2.05, 4.69) is 14.9 Å². The van der Waals surface area contributed by atoms with Gasteiger partial charge in [0.25, 0.3) is 0 Å². The Balaban J connectivity index is 1.88. The molecular weight excluding hydrogens is 370 g/mol. The van der Waals surface area contributed by atoms with Crippen molar-refractivity contribution in [1.82, 2.24) is 9.55 Å². The van der Waals surface area contributed by atoms with E-state index in [0.29, 0.717) is 11.2 Å². The molecule has 4 nitrogen and oxygen atoms in total. The van der Waals surface area contributed by atoms with E-state index in [-0.39, 0.29) is 5.43 Å². The van der Waals surface area contributed by atoms with Crippen LogP contribution < -0.4 is 10.7 Å². The van der Waals surface area contributed by atoms with Gasteiger partial charge in [0.15, 0.2) is 5.43 Å². The molecule has 2 aromatic heterocycles. The minimum Gasteiger partial charge on any atom is -0.341 e. The molecule has 2 heterocycles. The molecular formula is C26H19N3O. The lowest BCUT2D eigenvalue weighted by Gasteiger charge is -2.20. The van der Waals surface area contributed by atoms with Crippen molar-refractivity contribution in [3.63, 3.8) is 0 Å². The Kier molecular flexibility index (Phi) is 4.58. The first-order valence-electron chi connectivity index (χ1n) is 9.78. The Morgan fingerprint density at radius 2 is 1.37 bits per heavy atom. The molecule has 0 amide bonds. The van der Waals surface area contributed by atoms with Crippen molar-refractivity contribution in [2.75, 3.05) is 5.32 Å². The molecule has 0 aliphatic heterocycles. The number of anilines is 2. The number of pyridine rings is 2. The van der Waals surface area contributed by atoms with Gasteiger partial charge in [0.1, 0.15) is 5.82 Å². The molecule has 3 aromatic carbocycles. The molecule has 0 fully saturated rings. The van der Waals surface area contributed by atoms with Gasteiger partial charge in [0.2, 0.25) is 0 Å². The zero-order chi connectivity index (χ0) is 20.3. The van der Waals surface area contributed by atoms with E-state index in [0.717, 1.165) is 28.0 Å². The number of fused-ring (bicyclic) bond motifs is 1. The lowest BCUT2D eigenvalue weighted by Crippen LogP contribution is -2.13. The highest BCUT2D eigenvalue weighted by atomic mass is 16.1. The van der Waals surface area contributed by atoms with Crippen molar-refractivity contribution in [2.24, 2.45) is 0 Å². The molecule has 0 unspecified atom stereocenters. The largest absolute Gasteiger partial charge is 0.341 e. The summed E-state index contributed by atoms with van der Waals surface area (Å²) in [5.74, 6) is 0.702. The van der Waals surface area contributed by atoms with E-state index >= 15 is 0 Å². The molecule has 0 atom stereocenters. The van der Waals surface area contributed by atoms with Crippen LogP contribution in [-0.2, 0) is 0 Å². The Bertz CT molecular complexity index is 1360. The molecule has 1 N–H and O–H groups in total. The number of benzene rings is 3. The average molecular weight is 389 g/mol. The Morgan fingerprint density at radius 3 is 2.07 bits per heavy atom.